The summed E-state index contributed by atoms with van der Waals surface area (Å²) in [7, 11) is 0. The molecule has 1 aromatic carbocycles. The number of carboxylic acid groups (broad SMARTS) is 1. The smallest absolute Gasteiger partial charge is 0.341 e. The van der Waals surface area contributed by atoms with Crippen LogP contribution in [0.4, 0.5) is 5.69 Å². The number of pyridine rings is 1. The van der Waals surface area contributed by atoms with E-state index in [4.69, 9.17) is 15.1 Å². The van der Waals surface area contributed by atoms with Crippen LogP contribution in [0.3, 0.4) is 0 Å². The van der Waals surface area contributed by atoms with Crippen LogP contribution in [0.25, 0.3) is 0 Å². The quantitative estimate of drug-likeness (QED) is 0.674. The number of aromatic carboxylic acids is 1. The first-order valence-electron chi connectivity index (χ1n) is 5.57. The molecule has 21 heavy (non-hydrogen) atoms. The topological polar surface area (TPSA) is 126 Å². The second-order valence-electron chi connectivity index (χ2n) is 3.85. The van der Waals surface area contributed by atoms with Crippen molar-refractivity contribution in [1.29, 1.82) is 5.26 Å². The van der Waals surface area contributed by atoms with Gasteiger partial charge < -0.3 is 9.84 Å². The van der Waals surface area contributed by atoms with Gasteiger partial charge in [-0.3, -0.25) is 10.1 Å². The van der Waals surface area contributed by atoms with Gasteiger partial charge in [-0.25, -0.2) is 9.78 Å². The van der Waals surface area contributed by atoms with Gasteiger partial charge in [0.1, 0.15) is 17.5 Å². The van der Waals surface area contributed by atoms with Gasteiger partial charge in [0.15, 0.2) is 0 Å². The number of benzene rings is 1. The van der Waals surface area contributed by atoms with Crippen LogP contribution in [0.15, 0.2) is 36.5 Å². The summed E-state index contributed by atoms with van der Waals surface area (Å²) in [5, 5.41) is 28.3. The van der Waals surface area contributed by atoms with Gasteiger partial charge in [0.05, 0.1) is 16.6 Å². The zero-order valence-electron chi connectivity index (χ0n) is 10.4. The van der Waals surface area contributed by atoms with Gasteiger partial charge in [-0.2, -0.15) is 5.26 Å². The highest BCUT2D eigenvalue weighted by Crippen LogP contribution is 2.26. The lowest BCUT2D eigenvalue weighted by Crippen LogP contribution is -2.03. The molecule has 0 fully saturated rings. The van der Waals surface area contributed by atoms with E-state index < -0.39 is 22.1 Å². The molecule has 2 rings (SSSR count). The molecular formula is C13H7N3O5. The molecule has 104 valence electrons. The normalized spacial score (nSPS) is 9.67. The zero-order chi connectivity index (χ0) is 15.4. The van der Waals surface area contributed by atoms with Gasteiger partial charge in [0.25, 0.3) is 5.69 Å². The van der Waals surface area contributed by atoms with Crippen molar-refractivity contribution in [2.45, 2.75) is 0 Å². The molecule has 0 spiro atoms. The molecule has 8 heteroatoms. The fraction of sp³-hybridized carbons (Fsp3) is 0. The number of nitriles is 1. The molecule has 1 N–H and O–H groups in total. The fourth-order valence-electron chi connectivity index (χ4n) is 1.48. The predicted octanol–water partition coefficient (Wildman–Crippen LogP) is 2.35. The van der Waals surface area contributed by atoms with Crippen LogP contribution < -0.4 is 4.74 Å². The van der Waals surface area contributed by atoms with Crippen LogP contribution in [-0.2, 0) is 0 Å². The highest BCUT2D eigenvalue weighted by atomic mass is 16.6. The number of rotatable bonds is 4. The summed E-state index contributed by atoms with van der Waals surface area (Å²) in [6, 6.07) is 8.70. The molecule has 1 heterocycles. The summed E-state index contributed by atoms with van der Waals surface area (Å²) in [4.78, 5) is 24.6. The van der Waals surface area contributed by atoms with Crippen molar-refractivity contribution in [3.05, 3.63) is 57.8 Å². The lowest BCUT2D eigenvalue weighted by molar-refractivity contribution is -0.385. The van der Waals surface area contributed by atoms with E-state index in [1.54, 1.807) is 0 Å². The minimum absolute atomic E-state index is 0.262. The van der Waals surface area contributed by atoms with Gasteiger partial charge >= 0.3 is 5.97 Å². The highest BCUT2D eigenvalue weighted by molar-refractivity contribution is 5.91. The van der Waals surface area contributed by atoms with Crippen molar-refractivity contribution in [2.24, 2.45) is 0 Å². The Morgan fingerprint density at radius 3 is 2.57 bits per heavy atom. The lowest BCUT2D eigenvalue weighted by atomic mass is 10.2. The Balaban J connectivity index is 2.36. The van der Waals surface area contributed by atoms with Gasteiger partial charge in [-0.1, -0.05) is 0 Å². The van der Waals surface area contributed by atoms with Gasteiger partial charge in [-0.05, 0) is 24.3 Å². The Morgan fingerprint density at radius 1 is 1.38 bits per heavy atom. The molecule has 0 unspecified atom stereocenters. The van der Waals surface area contributed by atoms with Crippen LogP contribution in [0.2, 0.25) is 0 Å². The number of nitrogens with zero attached hydrogens (tertiary/aromatic N) is 3. The maximum Gasteiger partial charge on any atom is 0.341 e. The van der Waals surface area contributed by atoms with Crippen molar-refractivity contribution in [2.75, 3.05) is 0 Å². The summed E-state index contributed by atoms with van der Waals surface area (Å²) in [6.07, 6.45) is 0.908. The Bertz CT molecular complexity index is 749. The molecule has 2 aromatic rings. The molecule has 0 aliphatic carbocycles. The summed E-state index contributed by atoms with van der Waals surface area (Å²) in [6.45, 7) is 0. The van der Waals surface area contributed by atoms with E-state index in [9.17, 15) is 14.9 Å². The summed E-state index contributed by atoms with van der Waals surface area (Å²) < 4.78 is 5.28. The minimum Gasteiger partial charge on any atom is -0.477 e. The molecular weight excluding hydrogens is 278 g/mol. The number of ether oxygens (including phenoxy) is 1. The van der Waals surface area contributed by atoms with E-state index in [1.807, 2.05) is 6.07 Å². The molecule has 0 radical (unpaired) electrons. The molecule has 1 aromatic heterocycles. The van der Waals surface area contributed by atoms with E-state index in [1.165, 1.54) is 24.3 Å². The Hall–Kier alpha value is -3.47. The lowest BCUT2D eigenvalue weighted by Gasteiger charge is -2.07. The van der Waals surface area contributed by atoms with E-state index in [-0.39, 0.29) is 11.6 Å². The standard InChI is InChI=1S/C13H7N3O5/c14-6-8-1-3-10(4-2-8)21-12-11(13(17)18)5-9(7-15-12)16(19)20/h1-5,7H,(H,17,18). The average Bonchev–Trinajstić information content (AvgIpc) is 2.48. The van der Waals surface area contributed by atoms with E-state index >= 15 is 0 Å². The van der Waals surface area contributed by atoms with Crippen molar-refractivity contribution in [3.8, 4) is 17.7 Å². The third kappa shape index (κ3) is 3.10. The van der Waals surface area contributed by atoms with Gasteiger partial charge in [-0.15, -0.1) is 0 Å². The third-order valence-electron chi connectivity index (χ3n) is 2.48. The maximum atomic E-state index is 11.1. The van der Waals surface area contributed by atoms with E-state index in [0.717, 1.165) is 12.3 Å². The second kappa shape index (κ2) is 5.66. The third-order valence-corrected chi connectivity index (χ3v) is 2.48. The average molecular weight is 285 g/mol. The largest absolute Gasteiger partial charge is 0.477 e. The zero-order valence-corrected chi connectivity index (χ0v) is 10.4. The minimum atomic E-state index is -1.39. The molecule has 0 bridgehead atoms. The molecule has 0 aliphatic rings. The van der Waals surface area contributed by atoms with Gasteiger partial charge in [0, 0.05) is 6.07 Å². The Labute approximate surface area is 118 Å². The first kappa shape index (κ1) is 14.0. The summed E-state index contributed by atoms with van der Waals surface area (Å²) >= 11 is 0. The fourth-order valence-corrected chi connectivity index (χ4v) is 1.48. The molecule has 0 saturated carbocycles. The first-order valence-corrected chi connectivity index (χ1v) is 5.57. The Kier molecular flexibility index (Phi) is 3.76. The van der Waals surface area contributed by atoms with Crippen molar-refractivity contribution in [1.82, 2.24) is 4.98 Å². The number of nitro groups is 1. The molecule has 0 amide bonds. The molecule has 0 aliphatic heterocycles. The van der Waals surface area contributed by atoms with E-state index in [2.05, 4.69) is 4.98 Å². The van der Waals surface area contributed by atoms with Crippen LogP contribution >= 0.6 is 0 Å². The maximum absolute atomic E-state index is 11.1. The number of hydrogen-bond acceptors (Lipinski definition) is 6. The second-order valence-corrected chi connectivity index (χ2v) is 3.85. The van der Waals surface area contributed by atoms with E-state index in [0.29, 0.717) is 5.56 Å². The van der Waals surface area contributed by atoms with Crippen LogP contribution in [0.1, 0.15) is 15.9 Å². The molecule has 0 atom stereocenters. The summed E-state index contributed by atoms with van der Waals surface area (Å²) in [5.74, 6) is -1.40. The van der Waals surface area contributed by atoms with Gasteiger partial charge in [0.2, 0.25) is 5.88 Å². The number of hydrogen-bond donors (Lipinski definition) is 1. The van der Waals surface area contributed by atoms with Crippen molar-refractivity contribution >= 4 is 11.7 Å². The van der Waals surface area contributed by atoms with Crippen molar-refractivity contribution < 1.29 is 19.6 Å². The molecule has 8 nitrogen and oxygen atoms in total. The number of aromatic nitrogens is 1. The number of carbonyl (C=O) groups is 1. The summed E-state index contributed by atoms with van der Waals surface area (Å²) in [5.41, 5.74) is -0.453. The van der Waals surface area contributed by atoms with Crippen LogP contribution in [0.5, 0.6) is 11.6 Å². The van der Waals surface area contributed by atoms with Crippen molar-refractivity contribution in [3.63, 3.8) is 0 Å². The van der Waals surface area contributed by atoms with Crippen LogP contribution in [0, 0.1) is 21.4 Å². The first-order chi connectivity index (χ1) is 10.0. The van der Waals surface area contributed by atoms with Crippen LogP contribution in [-0.4, -0.2) is 21.0 Å². The predicted molar refractivity (Wildman–Crippen MR) is 69.1 cm³/mol. The number of carboxylic acids is 1. The SMILES string of the molecule is N#Cc1ccc(Oc2ncc([N+](=O)[O-])cc2C(=O)O)cc1. The Morgan fingerprint density at radius 2 is 2.05 bits per heavy atom. The highest BCUT2D eigenvalue weighted by Gasteiger charge is 2.19. The molecule has 0 saturated heterocycles. The monoisotopic (exact) mass is 285 g/mol.